The fourth-order valence-electron chi connectivity index (χ4n) is 3.09. The zero-order valence-corrected chi connectivity index (χ0v) is 14.4. The van der Waals surface area contributed by atoms with Gasteiger partial charge in [-0.25, -0.2) is 9.78 Å². The second-order valence-electron chi connectivity index (χ2n) is 6.54. The Morgan fingerprint density at radius 1 is 1.36 bits per heavy atom. The fourth-order valence-corrected chi connectivity index (χ4v) is 3.09. The van der Waals surface area contributed by atoms with Gasteiger partial charge in [0.05, 0.1) is 17.1 Å². The lowest BCUT2D eigenvalue weighted by Gasteiger charge is -2.24. The normalized spacial score (nSPS) is 22.6. The molecule has 134 valence electrons. The summed E-state index contributed by atoms with van der Waals surface area (Å²) < 4.78 is 5.35. The van der Waals surface area contributed by atoms with Crippen LogP contribution in [0, 0.1) is 5.92 Å². The first-order valence-corrected chi connectivity index (χ1v) is 8.63. The topological polar surface area (TPSA) is 104 Å². The number of aromatic amines is 1. The van der Waals surface area contributed by atoms with Gasteiger partial charge in [-0.2, -0.15) is 0 Å². The maximum absolute atomic E-state index is 12.6. The Labute approximate surface area is 145 Å². The second kappa shape index (κ2) is 7.23. The van der Waals surface area contributed by atoms with Crippen molar-refractivity contribution in [2.24, 2.45) is 5.92 Å². The van der Waals surface area contributed by atoms with Crippen LogP contribution in [-0.2, 0) is 14.3 Å². The average Bonchev–Trinajstić information content (AvgIpc) is 3.25. The van der Waals surface area contributed by atoms with E-state index in [0.717, 1.165) is 17.5 Å². The van der Waals surface area contributed by atoms with Crippen LogP contribution in [-0.4, -0.2) is 39.2 Å². The van der Waals surface area contributed by atoms with Crippen molar-refractivity contribution in [2.45, 2.75) is 51.4 Å². The Kier molecular flexibility index (Phi) is 5.03. The van der Waals surface area contributed by atoms with Gasteiger partial charge in [0.25, 0.3) is 0 Å². The van der Waals surface area contributed by atoms with Crippen molar-refractivity contribution >= 4 is 22.9 Å². The van der Waals surface area contributed by atoms with Gasteiger partial charge < -0.3 is 20.1 Å². The molecule has 0 bridgehead atoms. The van der Waals surface area contributed by atoms with Crippen molar-refractivity contribution in [1.29, 1.82) is 0 Å². The summed E-state index contributed by atoms with van der Waals surface area (Å²) in [5.41, 5.74) is 1.77. The number of carboxylic acid groups (broad SMARTS) is 1. The van der Waals surface area contributed by atoms with Gasteiger partial charge in [0, 0.05) is 0 Å². The van der Waals surface area contributed by atoms with Crippen LogP contribution >= 0.6 is 0 Å². The van der Waals surface area contributed by atoms with Gasteiger partial charge in [-0.1, -0.05) is 32.4 Å². The lowest BCUT2D eigenvalue weighted by atomic mass is 9.98. The zero-order chi connectivity index (χ0) is 18.0. The third-order valence-corrected chi connectivity index (χ3v) is 4.80. The SMILES string of the molecule is CCC(C)C(NC(=O)[C@@H]1CC[C@H](C(=O)O)O1)c1nc2ccccc2[nH]1. The van der Waals surface area contributed by atoms with Crippen molar-refractivity contribution in [1.82, 2.24) is 15.3 Å². The molecule has 2 heterocycles. The van der Waals surface area contributed by atoms with E-state index in [4.69, 9.17) is 9.84 Å². The highest BCUT2D eigenvalue weighted by molar-refractivity contribution is 5.83. The Morgan fingerprint density at radius 3 is 2.72 bits per heavy atom. The molecule has 7 nitrogen and oxygen atoms in total. The van der Waals surface area contributed by atoms with Crippen LogP contribution in [0.2, 0.25) is 0 Å². The van der Waals surface area contributed by atoms with E-state index < -0.39 is 18.2 Å². The summed E-state index contributed by atoms with van der Waals surface area (Å²) in [5.74, 6) is -0.432. The number of hydrogen-bond acceptors (Lipinski definition) is 4. The van der Waals surface area contributed by atoms with E-state index in [1.807, 2.05) is 31.2 Å². The van der Waals surface area contributed by atoms with Crippen LogP contribution in [0.3, 0.4) is 0 Å². The van der Waals surface area contributed by atoms with E-state index in [1.54, 1.807) is 0 Å². The van der Waals surface area contributed by atoms with Gasteiger partial charge in [0.1, 0.15) is 11.9 Å². The Balaban J connectivity index is 1.77. The predicted molar refractivity (Wildman–Crippen MR) is 92.0 cm³/mol. The maximum Gasteiger partial charge on any atom is 0.332 e. The monoisotopic (exact) mass is 345 g/mol. The first-order chi connectivity index (χ1) is 12.0. The number of nitrogens with zero attached hydrogens (tertiary/aromatic N) is 1. The van der Waals surface area contributed by atoms with Gasteiger partial charge >= 0.3 is 5.97 Å². The average molecular weight is 345 g/mol. The van der Waals surface area contributed by atoms with E-state index in [9.17, 15) is 9.59 Å². The van der Waals surface area contributed by atoms with Gasteiger partial charge in [-0.3, -0.25) is 4.79 Å². The smallest absolute Gasteiger partial charge is 0.332 e. The molecular weight excluding hydrogens is 322 g/mol. The number of aliphatic carboxylic acids is 1. The largest absolute Gasteiger partial charge is 0.479 e. The molecule has 1 saturated heterocycles. The molecule has 25 heavy (non-hydrogen) atoms. The van der Waals surface area contributed by atoms with E-state index >= 15 is 0 Å². The third-order valence-electron chi connectivity index (χ3n) is 4.80. The first kappa shape index (κ1) is 17.4. The highest BCUT2D eigenvalue weighted by Gasteiger charge is 2.36. The summed E-state index contributed by atoms with van der Waals surface area (Å²) in [5, 5.41) is 12.0. The Hall–Kier alpha value is -2.41. The predicted octanol–water partition coefficient (Wildman–Crippen LogP) is 2.40. The summed E-state index contributed by atoms with van der Waals surface area (Å²) in [4.78, 5) is 31.4. The van der Waals surface area contributed by atoms with Crippen molar-refractivity contribution < 1.29 is 19.4 Å². The fraction of sp³-hybridized carbons (Fsp3) is 0.500. The lowest BCUT2D eigenvalue weighted by Crippen LogP contribution is -2.40. The molecular formula is C18H23N3O4. The number of nitrogens with one attached hydrogen (secondary N) is 2. The van der Waals surface area contributed by atoms with E-state index in [1.165, 1.54) is 0 Å². The van der Waals surface area contributed by atoms with Crippen molar-refractivity contribution in [2.75, 3.05) is 0 Å². The number of amides is 1. The summed E-state index contributed by atoms with van der Waals surface area (Å²) in [7, 11) is 0. The number of carboxylic acids is 1. The van der Waals surface area contributed by atoms with E-state index in [0.29, 0.717) is 18.7 Å². The number of benzene rings is 1. The molecule has 3 rings (SSSR count). The number of fused-ring (bicyclic) bond motifs is 1. The number of ether oxygens (including phenoxy) is 1. The van der Waals surface area contributed by atoms with Gasteiger partial charge in [-0.05, 0) is 30.9 Å². The number of carbonyl (C=O) groups excluding carboxylic acids is 1. The molecule has 1 aromatic carbocycles. The summed E-state index contributed by atoms with van der Waals surface area (Å²) in [6, 6.07) is 7.43. The Morgan fingerprint density at radius 2 is 2.08 bits per heavy atom. The number of hydrogen-bond donors (Lipinski definition) is 3. The number of carbonyl (C=O) groups is 2. The highest BCUT2D eigenvalue weighted by Crippen LogP contribution is 2.26. The van der Waals surface area contributed by atoms with Crippen molar-refractivity contribution in [3.05, 3.63) is 30.1 Å². The number of H-pyrrole nitrogens is 1. The van der Waals surface area contributed by atoms with Gasteiger partial charge in [0.2, 0.25) is 5.91 Å². The number of aromatic nitrogens is 2. The molecule has 1 amide bonds. The maximum atomic E-state index is 12.6. The zero-order valence-electron chi connectivity index (χ0n) is 14.4. The third kappa shape index (κ3) is 3.66. The molecule has 1 aromatic heterocycles. The van der Waals surface area contributed by atoms with Crippen molar-refractivity contribution in [3.63, 3.8) is 0 Å². The Bertz CT molecular complexity index is 740. The first-order valence-electron chi connectivity index (χ1n) is 8.63. The molecule has 4 atom stereocenters. The molecule has 2 unspecified atom stereocenters. The summed E-state index contributed by atoms with van der Waals surface area (Å²) in [6.45, 7) is 4.10. The molecule has 0 radical (unpaired) electrons. The number of para-hydroxylation sites is 2. The minimum atomic E-state index is -1.02. The lowest BCUT2D eigenvalue weighted by molar-refractivity contribution is -0.152. The molecule has 1 aliphatic heterocycles. The summed E-state index contributed by atoms with van der Waals surface area (Å²) in [6.07, 6.45) is 0.00838. The standard InChI is InChI=1S/C18H23N3O4/c1-3-10(2)15(16-19-11-6-4-5-7-12(11)20-16)21-17(22)13-8-9-14(25-13)18(23)24/h4-7,10,13-15H,3,8-9H2,1-2H3,(H,19,20)(H,21,22)(H,23,24)/t10?,13-,14+,15?/m0/s1. The van der Waals surface area contributed by atoms with Crippen LogP contribution in [0.5, 0.6) is 0 Å². The van der Waals surface area contributed by atoms with Crippen LogP contribution in [0.25, 0.3) is 11.0 Å². The van der Waals surface area contributed by atoms with Crippen LogP contribution in [0.4, 0.5) is 0 Å². The molecule has 2 aromatic rings. The molecule has 0 saturated carbocycles. The second-order valence-corrected chi connectivity index (χ2v) is 6.54. The van der Waals surface area contributed by atoms with E-state index in [2.05, 4.69) is 22.2 Å². The van der Waals surface area contributed by atoms with Crippen molar-refractivity contribution in [3.8, 4) is 0 Å². The highest BCUT2D eigenvalue weighted by atomic mass is 16.5. The molecule has 0 aliphatic carbocycles. The minimum Gasteiger partial charge on any atom is -0.479 e. The van der Waals surface area contributed by atoms with Crippen LogP contribution in [0.15, 0.2) is 24.3 Å². The molecule has 0 spiro atoms. The molecule has 3 N–H and O–H groups in total. The van der Waals surface area contributed by atoms with Crippen LogP contribution < -0.4 is 5.32 Å². The molecule has 1 fully saturated rings. The minimum absolute atomic E-state index is 0.168. The van der Waals surface area contributed by atoms with Crippen LogP contribution in [0.1, 0.15) is 45.0 Å². The van der Waals surface area contributed by atoms with E-state index in [-0.39, 0.29) is 17.9 Å². The summed E-state index contributed by atoms with van der Waals surface area (Å²) >= 11 is 0. The number of imidazole rings is 1. The molecule has 1 aliphatic rings. The number of rotatable bonds is 6. The quantitative estimate of drug-likeness (QED) is 0.746. The van der Waals surface area contributed by atoms with Gasteiger partial charge in [-0.15, -0.1) is 0 Å². The molecule has 7 heteroatoms. The van der Waals surface area contributed by atoms with Gasteiger partial charge in [0.15, 0.2) is 6.10 Å².